The molecule has 4 nitrogen and oxygen atoms in total. The summed E-state index contributed by atoms with van der Waals surface area (Å²) >= 11 is 0. The van der Waals surface area contributed by atoms with Crippen LogP contribution in [0.1, 0.15) is 13.8 Å². The molecule has 4 heteroatoms. The van der Waals surface area contributed by atoms with Crippen molar-refractivity contribution in [3.05, 3.63) is 0 Å². The number of nitrogens with zero attached hydrogens (tertiary/aromatic N) is 3. The van der Waals surface area contributed by atoms with Gasteiger partial charge in [0.1, 0.15) is 0 Å². The van der Waals surface area contributed by atoms with Gasteiger partial charge in [0.25, 0.3) is 0 Å². The predicted octanol–water partition coefficient (Wildman–Crippen LogP) is -0.0635. The largest absolute Gasteiger partial charge is 0.389 e. The molecule has 0 aromatic rings. The molecule has 1 fully saturated rings. The molecular formula is C12H27N3O. The number of β-amino-alcohol motifs (C(OH)–C–C–N with tert-alkyl or cyclic N) is 1. The maximum atomic E-state index is 9.75. The van der Waals surface area contributed by atoms with E-state index in [0.717, 1.165) is 45.8 Å². The third-order valence-electron chi connectivity index (χ3n) is 2.94. The van der Waals surface area contributed by atoms with Crippen LogP contribution in [0.2, 0.25) is 0 Å². The van der Waals surface area contributed by atoms with Crippen molar-refractivity contribution < 1.29 is 5.11 Å². The second-order valence-corrected chi connectivity index (χ2v) is 5.73. The Morgan fingerprint density at radius 3 is 2.00 bits per heavy atom. The fourth-order valence-electron chi connectivity index (χ4n) is 2.06. The molecular weight excluding hydrogens is 202 g/mol. The zero-order chi connectivity index (χ0) is 12.2. The van der Waals surface area contributed by atoms with E-state index in [1.54, 1.807) is 0 Å². The lowest BCUT2D eigenvalue weighted by Gasteiger charge is -2.37. The highest BCUT2D eigenvalue weighted by molar-refractivity contribution is 4.78. The molecule has 16 heavy (non-hydrogen) atoms. The van der Waals surface area contributed by atoms with Gasteiger partial charge in [-0.2, -0.15) is 0 Å². The van der Waals surface area contributed by atoms with Crippen LogP contribution in [0.4, 0.5) is 0 Å². The minimum atomic E-state index is -0.564. The molecule has 0 radical (unpaired) electrons. The highest BCUT2D eigenvalue weighted by Crippen LogP contribution is 2.08. The molecule has 1 saturated heterocycles. The molecule has 1 aliphatic heterocycles. The van der Waals surface area contributed by atoms with Gasteiger partial charge in [-0.05, 0) is 27.9 Å². The van der Waals surface area contributed by atoms with Crippen LogP contribution in [0.25, 0.3) is 0 Å². The summed E-state index contributed by atoms with van der Waals surface area (Å²) in [5.74, 6) is 0. The number of rotatable bonds is 5. The predicted molar refractivity (Wildman–Crippen MR) is 67.7 cm³/mol. The van der Waals surface area contributed by atoms with Crippen LogP contribution in [0.3, 0.4) is 0 Å². The van der Waals surface area contributed by atoms with Gasteiger partial charge in [0.05, 0.1) is 5.60 Å². The van der Waals surface area contributed by atoms with Crippen LogP contribution in [-0.2, 0) is 0 Å². The molecule has 0 bridgehead atoms. The average molecular weight is 229 g/mol. The molecule has 0 aromatic carbocycles. The summed E-state index contributed by atoms with van der Waals surface area (Å²) in [4.78, 5) is 7.08. The molecule has 0 amide bonds. The molecule has 0 aromatic heterocycles. The summed E-state index contributed by atoms with van der Waals surface area (Å²) < 4.78 is 0. The van der Waals surface area contributed by atoms with E-state index in [1.807, 2.05) is 13.8 Å². The van der Waals surface area contributed by atoms with Gasteiger partial charge in [-0.3, -0.25) is 9.80 Å². The topological polar surface area (TPSA) is 30.0 Å². The Hall–Kier alpha value is -0.160. The Morgan fingerprint density at radius 2 is 1.56 bits per heavy atom. The summed E-state index contributed by atoms with van der Waals surface area (Å²) in [5.41, 5.74) is -0.564. The zero-order valence-electron chi connectivity index (χ0n) is 11.2. The molecule has 96 valence electrons. The minimum Gasteiger partial charge on any atom is -0.389 e. The average Bonchev–Trinajstić information content (AvgIpc) is 2.14. The Balaban J connectivity index is 2.18. The van der Waals surface area contributed by atoms with E-state index in [9.17, 15) is 5.11 Å². The van der Waals surface area contributed by atoms with Gasteiger partial charge in [0.2, 0.25) is 0 Å². The second-order valence-electron chi connectivity index (χ2n) is 5.73. The molecule has 0 aliphatic carbocycles. The van der Waals surface area contributed by atoms with E-state index >= 15 is 0 Å². The minimum absolute atomic E-state index is 0.564. The Kier molecular flexibility index (Phi) is 5.18. The number of aliphatic hydroxyl groups is 1. The molecule has 1 heterocycles. The standard InChI is InChI=1S/C12H27N3O/c1-12(2,16)11-15-9-7-14(8-10-15)6-5-13(3)4/h16H,5-11H2,1-4H3. The molecule has 0 atom stereocenters. The molecule has 0 unspecified atom stereocenters. The van der Waals surface area contributed by atoms with Crippen molar-refractivity contribution in [1.29, 1.82) is 0 Å². The van der Waals surface area contributed by atoms with Crippen LogP contribution in [0.15, 0.2) is 0 Å². The van der Waals surface area contributed by atoms with E-state index in [1.165, 1.54) is 0 Å². The molecule has 1 rings (SSSR count). The Labute approximate surface area is 99.8 Å². The third kappa shape index (κ3) is 5.80. The van der Waals surface area contributed by atoms with Gasteiger partial charge in [-0.25, -0.2) is 0 Å². The second kappa shape index (κ2) is 5.96. The normalized spacial score (nSPS) is 20.6. The van der Waals surface area contributed by atoms with Crippen LogP contribution < -0.4 is 0 Å². The summed E-state index contributed by atoms with van der Waals surface area (Å²) in [5, 5.41) is 9.75. The summed E-state index contributed by atoms with van der Waals surface area (Å²) in [6.07, 6.45) is 0. The first-order chi connectivity index (χ1) is 7.37. The first-order valence-corrected chi connectivity index (χ1v) is 6.19. The van der Waals surface area contributed by atoms with E-state index in [0.29, 0.717) is 0 Å². The fourth-order valence-corrected chi connectivity index (χ4v) is 2.06. The lowest BCUT2D eigenvalue weighted by molar-refractivity contribution is 0.0171. The molecule has 0 saturated carbocycles. The van der Waals surface area contributed by atoms with Gasteiger partial charge in [-0.15, -0.1) is 0 Å². The van der Waals surface area contributed by atoms with Crippen molar-refractivity contribution in [1.82, 2.24) is 14.7 Å². The molecule has 0 spiro atoms. The van der Waals surface area contributed by atoms with Crippen LogP contribution >= 0.6 is 0 Å². The van der Waals surface area contributed by atoms with Crippen LogP contribution in [-0.4, -0.2) is 85.3 Å². The maximum absolute atomic E-state index is 9.75. The number of hydrogen-bond donors (Lipinski definition) is 1. The fraction of sp³-hybridized carbons (Fsp3) is 1.00. The van der Waals surface area contributed by atoms with Gasteiger partial charge >= 0.3 is 0 Å². The van der Waals surface area contributed by atoms with Crippen molar-refractivity contribution in [2.75, 3.05) is 59.9 Å². The first kappa shape index (κ1) is 13.9. The lowest BCUT2D eigenvalue weighted by atomic mass is 10.1. The molecule has 1 N–H and O–H groups in total. The van der Waals surface area contributed by atoms with Gasteiger partial charge in [-0.1, -0.05) is 0 Å². The maximum Gasteiger partial charge on any atom is 0.0718 e. The van der Waals surface area contributed by atoms with E-state index in [-0.39, 0.29) is 0 Å². The summed E-state index contributed by atoms with van der Waals surface area (Å²) in [6.45, 7) is 11.3. The first-order valence-electron chi connectivity index (χ1n) is 6.19. The smallest absolute Gasteiger partial charge is 0.0718 e. The van der Waals surface area contributed by atoms with Crippen molar-refractivity contribution >= 4 is 0 Å². The van der Waals surface area contributed by atoms with Crippen LogP contribution in [0, 0.1) is 0 Å². The SMILES string of the molecule is CN(C)CCN1CCN(CC(C)(C)O)CC1. The number of hydrogen-bond acceptors (Lipinski definition) is 4. The monoisotopic (exact) mass is 229 g/mol. The van der Waals surface area contributed by atoms with Gasteiger partial charge in [0, 0.05) is 45.8 Å². The summed E-state index contributed by atoms with van der Waals surface area (Å²) in [7, 11) is 4.23. The Bertz CT molecular complexity index is 193. The van der Waals surface area contributed by atoms with E-state index in [4.69, 9.17) is 0 Å². The van der Waals surface area contributed by atoms with Crippen molar-refractivity contribution in [2.45, 2.75) is 19.4 Å². The lowest BCUT2D eigenvalue weighted by Crippen LogP contribution is -2.51. The van der Waals surface area contributed by atoms with Crippen LogP contribution in [0.5, 0.6) is 0 Å². The number of piperazine rings is 1. The van der Waals surface area contributed by atoms with Gasteiger partial charge in [0.15, 0.2) is 0 Å². The highest BCUT2D eigenvalue weighted by atomic mass is 16.3. The van der Waals surface area contributed by atoms with E-state index in [2.05, 4.69) is 28.8 Å². The number of likely N-dealkylation sites (N-methyl/N-ethyl adjacent to an activating group) is 1. The quantitative estimate of drug-likeness (QED) is 0.715. The van der Waals surface area contributed by atoms with E-state index < -0.39 is 5.60 Å². The highest BCUT2D eigenvalue weighted by Gasteiger charge is 2.22. The van der Waals surface area contributed by atoms with Gasteiger partial charge < -0.3 is 10.0 Å². The summed E-state index contributed by atoms with van der Waals surface area (Å²) in [6, 6.07) is 0. The van der Waals surface area contributed by atoms with Crippen molar-refractivity contribution in [3.8, 4) is 0 Å². The van der Waals surface area contributed by atoms with Crippen molar-refractivity contribution in [3.63, 3.8) is 0 Å². The Morgan fingerprint density at radius 1 is 1.06 bits per heavy atom. The molecule has 1 aliphatic rings. The van der Waals surface area contributed by atoms with Crippen molar-refractivity contribution in [2.24, 2.45) is 0 Å². The zero-order valence-corrected chi connectivity index (χ0v) is 11.2. The third-order valence-corrected chi connectivity index (χ3v) is 2.94.